The Morgan fingerprint density at radius 1 is 1.14 bits per heavy atom. The van der Waals surface area contributed by atoms with Crippen LogP contribution in [0.2, 0.25) is 5.02 Å². The summed E-state index contributed by atoms with van der Waals surface area (Å²) in [5.41, 5.74) is 4.60. The van der Waals surface area contributed by atoms with Gasteiger partial charge in [0.15, 0.2) is 5.11 Å². The molecule has 0 heterocycles. The minimum absolute atomic E-state index is 0.694. The molecule has 0 aliphatic carbocycles. The van der Waals surface area contributed by atoms with Crippen molar-refractivity contribution in [2.45, 2.75) is 20.4 Å². The van der Waals surface area contributed by atoms with Crippen LogP contribution in [-0.2, 0) is 6.54 Å². The van der Waals surface area contributed by atoms with Crippen LogP contribution in [0.15, 0.2) is 42.5 Å². The summed E-state index contributed by atoms with van der Waals surface area (Å²) in [5, 5.41) is 4.72. The largest absolute Gasteiger partial charge is 0.348 e. The Morgan fingerprint density at radius 3 is 2.43 bits per heavy atom. The van der Waals surface area contributed by atoms with E-state index in [-0.39, 0.29) is 0 Å². The van der Waals surface area contributed by atoms with Crippen LogP contribution >= 0.6 is 23.8 Å². The zero-order valence-corrected chi connectivity index (χ0v) is 14.1. The van der Waals surface area contributed by atoms with Gasteiger partial charge in [-0.15, -0.1) is 0 Å². The van der Waals surface area contributed by atoms with Crippen molar-refractivity contribution >= 4 is 34.6 Å². The first-order valence-corrected chi connectivity index (χ1v) is 7.57. The molecule has 2 aromatic carbocycles. The monoisotopic (exact) mass is 318 g/mol. The van der Waals surface area contributed by atoms with Gasteiger partial charge in [0.05, 0.1) is 0 Å². The summed E-state index contributed by atoms with van der Waals surface area (Å²) in [7, 11) is 1.97. The van der Waals surface area contributed by atoms with E-state index < -0.39 is 0 Å². The van der Waals surface area contributed by atoms with Crippen LogP contribution in [0.4, 0.5) is 5.69 Å². The summed E-state index contributed by atoms with van der Waals surface area (Å²) in [5.74, 6) is 0. The van der Waals surface area contributed by atoms with Crippen molar-refractivity contribution in [3.05, 3.63) is 64.2 Å². The molecule has 1 N–H and O–H groups in total. The van der Waals surface area contributed by atoms with E-state index in [1.165, 1.54) is 11.1 Å². The van der Waals surface area contributed by atoms with Crippen LogP contribution in [0, 0.1) is 13.8 Å². The van der Waals surface area contributed by atoms with E-state index in [0.717, 1.165) is 22.8 Å². The number of anilines is 1. The summed E-state index contributed by atoms with van der Waals surface area (Å²) in [4.78, 5) is 2.00. The lowest BCUT2D eigenvalue weighted by atomic mass is 10.1. The van der Waals surface area contributed by atoms with Crippen LogP contribution in [0.3, 0.4) is 0 Å². The van der Waals surface area contributed by atoms with Crippen molar-refractivity contribution in [3.63, 3.8) is 0 Å². The number of nitrogens with one attached hydrogen (secondary N) is 1. The maximum Gasteiger partial charge on any atom is 0.173 e. The van der Waals surface area contributed by atoms with Crippen molar-refractivity contribution in [2.24, 2.45) is 0 Å². The van der Waals surface area contributed by atoms with Crippen LogP contribution in [0.1, 0.15) is 16.7 Å². The lowest BCUT2D eigenvalue weighted by Crippen LogP contribution is -2.30. The average Bonchev–Trinajstić information content (AvgIpc) is 2.37. The predicted molar refractivity (Wildman–Crippen MR) is 95.1 cm³/mol. The Kier molecular flexibility index (Phi) is 5.21. The molecule has 2 rings (SSSR count). The molecule has 2 aromatic rings. The summed E-state index contributed by atoms with van der Waals surface area (Å²) in [6, 6.07) is 14.1. The number of halogens is 1. The van der Waals surface area contributed by atoms with Gasteiger partial charge in [0, 0.05) is 24.3 Å². The topological polar surface area (TPSA) is 15.3 Å². The van der Waals surface area contributed by atoms with E-state index in [4.69, 9.17) is 23.8 Å². The Hall–Kier alpha value is -1.58. The zero-order chi connectivity index (χ0) is 15.4. The van der Waals surface area contributed by atoms with E-state index >= 15 is 0 Å². The van der Waals surface area contributed by atoms with Gasteiger partial charge < -0.3 is 10.2 Å². The van der Waals surface area contributed by atoms with Gasteiger partial charge in [0.25, 0.3) is 0 Å². The molecule has 0 aliphatic heterocycles. The first-order chi connectivity index (χ1) is 9.94. The van der Waals surface area contributed by atoms with Crippen molar-refractivity contribution in [2.75, 3.05) is 12.4 Å². The normalized spacial score (nSPS) is 10.3. The molecule has 4 heteroatoms. The highest BCUT2D eigenvalue weighted by molar-refractivity contribution is 7.80. The van der Waals surface area contributed by atoms with Crippen LogP contribution in [0.5, 0.6) is 0 Å². The highest BCUT2D eigenvalue weighted by atomic mass is 35.5. The summed E-state index contributed by atoms with van der Waals surface area (Å²) in [6.45, 7) is 4.88. The van der Waals surface area contributed by atoms with Gasteiger partial charge in [-0.05, 0) is 67.0 Å². The molecule has 0 fully saturated rings. The first kappa shape index (κ1) is 15.8. The van der Waals surface area contributed by atoms with Gasteiger partial charge in [-0.1, -0.05) is 29.8 Å². The maximum atomic E-state index is 6.01. The quantitative estimate of drug-likeness (QED) is 0.819. The molecule has 2 nitrogen and oxygen atoms in total. The third kappa shape index (κ3) is 4.73. The predicted octanol–water partition coefficient (Wildman–Crippen LogP) is 4.79. The molecule has 0 aliphatic rings. The number of thiocarbonyl (C=S) groups is 1. The lowest BCUT2D eigenvalue weighted by Gasteiger charge is -2.21. The average molecular weight is 319 g/mol. The summed E-state index contributed by atoms with van der Waals surface area (Å²) < 4.78 is 0. The molecule has 0 unspecified atom stereocenters. The number of rotatable bonds is 3. The second kappa shape index (κ2) is 6.92. The second-order valence-electron chi connectivity index (χ2n) is 5.29. The maximum absolute atomic E-state index is 6.01. The smallest absolute Gasteiger partial charge is 0.173 e. The minimum atomic E-state index is 0.694. The third-order valence-electron chi connectivity index (χ3n) is 3.13. The fourth-order valence-corrected chi connectivity index (χ4v) is 2.64. The molecule has 0 aromatic heterocycles. The number of aryl methyl sites for hydroxylation is 2. The zero-order valence-electron chi connectivity index (χ0n) is 12.5. The number of hydrogen-bond acceptors (Lipinski definition) is 1. The van der Waals surface area contributed by atoms with Gasteiger partial charge in [0.2, 0.25) is 0 Å². The molecule has 0 atom stereocenters. The Bertz CT molecular complexity index is 635. The van der Waals surface area contributed by atoms with Crippen molar-refractivity contribution in [3.8, 4) is 0 Å². The second-order valence-corrected chi connectivity index (χ2v) is 6.12. The van der Waals surface area contributed by atoms with Gasteiger partial charge in [-0.25, -0.2) is 0 Å². The van der Waals surface area contributed by atoms with E-state index in [0.29, 0.717) is 5.11 Å². The van der Waals surface area contributed by atoms with Crippen LogP contribution < -0.4 is 5.32 Å². The Morgan fingerprint density at radius 2 is 1.81 bits per heavy atom. The molecule has 0 spiro atoms. The summed E-state index contributed by atoms with van der Waals surface area (Å²) in [6.07, 6.45) is 0. The van der Waals surface area contributed by atoms with Gasteiger partial charge >= 0.3 is 0 Å². The molecule has 0 bridgehead atoms. The molecule has 0 saturated heterocycles. The fraction of sp³-hybridized carbons (Fsp3) is 0.235. The standard InChI is InChI=1S/C17H19ClN2S/c1-12-7-13(2)9-16(8-12)19-17(21)20(3)11-14-5-4-6-15(18)10-14/h4-10H,11H2,1-3H3,(H,19,21). The molecule has 21 heavy (non-hydrogen) atoms. The third-order valence-corrected chi connectivity index (χ3v) is 3.78. The number of hydrogen-bond donors (Lipinski definition) is 1. The van der Waals surface area contributed by atoms with E-state index in [1.54, 1.807) is 0 Å². The van der Waals surface area contributed by atoms with Gasteiger partial charge in [-0.3, -0.25) is 0 Å². The van der Waals surface area contributed by atoms with Gasteiger partial charge in [-0.2, -0.15) is 0 Å². The number of benzene rings is 2. The van der Waals surface area contributed by atoms with Crippen molar-refractivity contribution < 1.29 is 0 Å². The highest BCUT2D eigenvalue weighted by Gasteiger charge is 2.06. The SMILES string of the molecule is Cc1cc(C)cc(NC(=S)N(C)Cc2cccc(Cl)c2)c1. The van der Waals surface area contributed by atoms with E-state index in [1.807, 2.05) is 36.2 Å². The Labute approximate surface area is 136 Å². The Balaban J connectivity index is 2.02. The number of nitrogens with zero attached hydrogens (tertiary/aromatic N) is 1. The molecule has 0 radical (unpaired) electrons. The summed E-state index contributed by atoms with van der Waals surface area (Å²) >= 11 is 11.5. The fourth-order valence-electron chi connectivity index (χ4n) is 2.25. The highest BCUT2D eigenvalue weighted by Crippen LogP contribution is 2.16. The van der Waals surface area contributed by atoms with Crippen molar-refractivity contribution in [1.82, 2.24) is 4.90 Å². The van der Waals surface area contributed by atoms with Gasteiger partial charge in [0.1, 0.15) is 0 Å². The first-order valence-electron chi connectivity index (χ1n) is 6.79. The van der Waals surface area contributed by atoms with Crippen molar-refractivity contribution in [1.29, 1.82) is 0 Å². The minimum Gasteiger partial charge on any atom is -0.348 e. The van der Waals surface area contributed by atoms with Crippen LogP contribution in [0.25, 0.3) is 0 Å². The molecule has 110 valence electrons. The molecular weight excluding hydrogens is 300 g/mol. The lowest BCUT2D eigenvalue weighted by molar-refractivity contribution is 0.508. The van der Waals surface area contributed by atoms with Crippen LogP contribution in [-0.4, -0.2) is 17.1 Å². The molecule has 0 amide bonds. The van der Waals surface area contributed by atoms with E-state index in [2.05, 4.69) is 37.4 Å². The molecular formula is C17H19ClN2S. The van der Waals surface area contributed by atoms with E-state index in [9.17, 15) is 0 Å². The molecule has 0 saturated carbocycles.